The summed E-state index contributed by atoms with van der Waals surface area (Å²) in [6, 6.07) is 12.4. The predicted molar refractivity (Wildman–Crippen MR) is 268 cm³/mol. The molecule has 0 radical (unpaired) electrons. The van der Waals surface area contributed by atoms with Gasteiger partial charge in [-0.25, -0.2) is 4.58 Å². The third-order valence-corrected chi connectivity index (χ3v) is 13.9. The van der Waals surface area contributed by atoms with Gasteiger partial charge in [0, 0.05) is 47.5 Å². The maximum absolute atomic E-state index is 12.4. The molecule has 0 saturated carbocycles. The third kappa shape index (κ3) is 19.6. The van der Waals surface area contributed by atoms with Crippen LogP contribution in [0.4, 0.5) is 5.69 Å². The Morgan fingerprint density at radius 2 is 1.37 bits per heavy atom. The highest BCUT2D eigenvalue weighted by Crippen LogP contribution is 2.51. The number of anilines is 1. The average Bonchev–Trinajstić information content (AvgIpc) is 3.54. The maximum Gasteiger partial charge on any atom is 0.294 e. The fourth-order valence-corrected chi connectivity index (χ4v) is 9.13. The molecule has 21 heteroatoms. The Kier molecular flexibility index (Phi) is 25.2. The molecule has 4 N–H and O–H groups in total. The van der Waals surface area contributed by atoms with Crippen molar-refractivity contribution in [2.24, 2.45) is 0 Å². The second-order valence-corrected chi connectivity index (χ2v) is 21.4. The van der Waals surface area contributed by atoms with Gasteiger partial charge in [-0.15, -0.1) is 0 Å². The zero-order valence-corrected chi connectivity index (χ0v) is 43.8. The Balaban J connectivity index is 1.71. The number of hydrogen-bond donors (Lipinski definition) is 4. The van der Waals surface area contributed by atoms with E-state index < -0.39 is 31.9 Å². The molecule has 71 heavy (non-hydrogen) atoms. The molecule has 0 aromatic heterocycles. The van der Waals surface area contributed by atoms with Crippen LogP contribution in [0.1, 0.15) is 70.3 Å². The first kappa shape index (κ1) is 59.9. The van der Waals surface area contributed by atoms with Gasteiger partial charge in [0.05, 0.1) is 103 Å². The quantitative estimate of drug-likeness (QED) is 0.0214. The first-order valence-electron chi connectivity index (χ1n) is 24.0. The van der Waals surface area contributed by atoms with Crippen LogP contribution < -0.4 is 14.8 Å². The van der Waals surface area contributed by atoms with Gasteiger partial charge in [0.2, 0.25) is 5.36 Å². The van der Waals surface area contributed by atoms with Crippen molar-refractivity contribution in [3.63, 3.8) is 0 Å². The number of hydrogen-bond acceptors (Lipinski definition) is 17. The molecule has 0 saturated heterocycles. The van der Waals surface area contributed by atoms with Crippen LogP contribution in [-0.4, -0.2) is 175 Å². The highest BCUT2D eigenvalue weighted by atomic mass is 32.2. The van der Waals surface area contributed by atoms with Gasteiger partial charge in [-0.05, 0) is 80.1 Å². The Labute approximate surface area is 419 Å². The van der Waals surface area contributed by atoms with Crippen molar-refractivity contribution in [2.75, 3.05) is 137 Å². The summed E-state index contributed by atoms with van der Waals surface area (Å²) in [4.78, 5) is 1.65. The molecule has 0 bridgehead atoms. The highest BCUT2D eigenvalue weighted by molar-refractivity contribution is 7.86. The Hall–Kier alpha value is -3.65. The van der Waals surface area contributed by atoms with Gasteiger partial charge in [-0.2, -0.15) is 16.8 Å². The lowest BCUT2D eigenvalue weighted by atomic mass is 9.77. The van der Waals surface area contributed by atoms with E-state index in [4.69, 9.17) is 46.9 Å². The van der Waals surface area contributed by atoms with Crippen LogP contribution in [0.2, 0.25) is 0 Å². The second-order valence-electron chi connectivity index (χ2n) is 18.1. The molecule has 400 valence electrons. The van der Waals surface area contributed by atoms with E-state index in [-0.39, 0.29) is 48.7 Å². The number of aliphatic hydroxyl groups is 3. The summed E-state index contributed by atoms with van der Waals surface area (Å²) >= 11 is 0. The molecule has 1 aliphatic carbocycles. The van der Waals surface area contributed by atoms with Crippen molar-refractivity contribution >= 4 is 32.0 Å². The van der Waals surface area contributed by atoms with Crippen molar-refractivity contribution in [3.8, 4) is 11.3 Å². The summed E-state index contributed by atoms with van der Waals surface area (Å²) < 4.78 is 112. The van der Waals surface area contributed by atoms with Gasteiger partial charge in [-0.1, -0.05) is 32.9 Å². The van der Waals surface area contributed by atoms with E-state index >= 15 is 0 Å². The Bertz CT molecular complexity index is 2400. The van der Waals surface area contributed by atoms with Crippen LogP contribution in [0.15, 0.2) is 69.6 Å². The topological polar surface area (TPSA) is 242 Å². The normalized spacial score (nSPS) is 16.6. The molecule has 19 nitrogen and oxygen atoms in total. The standard InChI is InChI=1S/C50H76N2O17S2/c1-49(2,3)47-36-39(10-7-11-46-50(4,17-8-12-48(54)55)43-38-41(71(58,59)60)14-16-44(43)52(46)18-9-35-70(56,57)62-6)42-15-13-40(37-45(42)69-47)51(19-22-63-27-30-67-32-29-65-24-21-53)20-23-64-28-31-68-34-33-66-26-25-61-5/h7,10-11,13-16,36-38,48,53-55H,8-9,12,17-35H2,1-6H3/p+1. The fourth-order valence-electron chi connectivity index (χ4n) is 7.98. The summed E-state index contributed by atoms with van der Waals surface area (Å²) in [5.74, 6) is 1.12. The van der Waals surface area contributed by atoms with Gasteiger partial charge in [0.15, 0.2) is 19.4 Å². The SMILES string of the molecule is COCCOCCOCCOCC[N+](CCOCCOCCOCCO)=c1ccc2c(C=CC=C3N(CCCS(=O)(=O)OC)c4ccc(S(=O)(=O)O)cc4C3(C)CCCC(O)O)cc(C(C)(C)C)oc-2c1. The smallest absolute Gasteiger partial charge is 0.294 e. The van der Waals surface area contributed by atoms with Crippen LogP contribution in [-0.2, 0) is 68.4 Å². The van der Waals surface area contributed by atoms with Gasteiger partial charge < -0.3 is 57.8 Å². The number of ether oxygens (including phenoxy) is 7. The van der Waals surface area contributed by atoms with Crippen LogP contribution in [0.25, 0.3) is 17.4 Å². The summed E-state index contributed by atoms with van der Waals surface area (Å²) in [5, 5.41) is 29.3. The Morgan fingerprint density at radius 3 is 1.92 bits per heavy atom. The molecule has 0 spiro atoms. The largest absolute Gasteiger partial charge is 0.460 e. The molecule has 2 heterocycles. The van der Waals surface area contributed by atoms with Crippen molar-refractivity contribution in [3.05, 3.63) is 82.6 Å². The maximum atomic E-state index is 12.4. The van der Waals surface area contributed by atoms with Crippen molar-refractivity contribution in [2.45, 2.75) is 75.4 Å². The minimum absolute atomic E-state index is 0.0380. The number of benzene rings is 2. The first-order chi connectivity index (χ1) is 33.8. The molecule has 1 unspecified atom stereocenters. The number of methoxy groups -OCH3 is 1. The van der Waals surface area contributed by atoms with E-state index in [1.165, 1.54) is 12.1 Å². The van der Waals surface area contributed by atoms with Crippen LogP contribution in [0.5, 0.6) is 0 Å². The lowest BCUT2D eigenvalue weighted by Crippen LogP contribution is -2.36. The highest BCUT2D eigenvalue weighted by Gasteiger charge is 2.43. The van der Waals surface area contributed by atoms with Gasteiger partial charge >= 0.3 is 0 Å². The molecule has 0 amide bonds. The minimum Gasteiger partial charge on any atom is -0.460 e. The second kappa shape index (κ2) is 29.9. The fraction of sp³-hybridized carbons (Fsp3) is 0.620. The predicted octanol–water partition coefficient (Wildman–Crippen LogP) is 3.96. The van der Waals surface area contributed by atoms with Crippen LogP contribution >= 0.6 is 0 Å². The molecule has 1 atom stereocenters. The van der Waals surface area contributed by atoms with Crippen molar-refractivity contribution in [1.82, 2.24) is 4.58 Å². The lowest BCUT2D eigenvalue weighted by molar-refractivity contribution is -0.0471. The average molecular weight is 1040 g/mol. The van der Waals surface area contributed by atoms with E-state index in [0.29, 0.717) is 122 Å². The zero-order chi connectivity index (χ0) is 51.9. The van der Waals surface area contributed by atoms with E-state index in [1.807, 2.05) is 54.3 Å². The number of rotatable bonds is 35. The van der Waals surface area contributed by atoms with Gasteiger partial charge in [-0.3, -0.25) is 8.74 Å². The summed E-state index contributed by atoms with van der Waals surface area (Å²) in [6.45, 7) is 14.9. The van der Waals surface area contributed by atoms with Crippen LogP contribution in [0.3, 0.4) is 0 Å². The van der Waals surface area contributed by atoms with E-state index in [2.05, 4.69) is 25.3 Å². The molecule has 2 aliphatic heterocycles. The number of allylic oxidation sites excluding steroid dienone is 3. The molecular formula is C50H77N2O17S2+. The monoisotopic (exact) mass is 1040 g/mol. The third-order valence-electron chi connectivity index (χ3n) is 11.8. The summed E-state index contributed by atoms with van der Waals surface area (Å²) in [5.41, 5.74) is 2.34. The number of fused-ring (bicyclic) bond motifs is 2. The van der Waals surface area contributed by atoms with Gasteiger partial charge in [0.25, 0.3) is 20.2 Å². The van der Waals surface area contributed by atoms with Gasteiger partial charge in [0.1, 0.15) is 24.7 Å². The lowest BCUT2D eigenvalue weighted by Gasteiger charge is -2.30. The van der Waals surface area contributed by atoms with Crippen molar-refractivity contribution in [1.29, 1.82) is 0 Å². The minimum atomic E-state index is -4.58. The van der Waals surface area contributed by atoms with Crippen LogP contribution in [0, 0.1) is 0 Å². The first-order valence-corrected chi connectivity index (χ1v) is 27.0. The molecule has 0 fully saturated rings. The molecular weight excluding hydrogens is 965 g/mol. The van der Waals surface area contributed by atoms with E-state index in [9.17, 15) is 31.6 Å². The Morgan fingerprint density at radius 1 is 0.775 bits per heavy atom. The number of aliphatic hydroxyl groups excluding tert-OH is 2. The summed E-state index contributed by atoms with van der Waals surface area (Å²) in [6.07, 6.45) is 5.17. The molecule has 4 rings (SSSR count). The number of nitrogens with zero attached hydrogens (tertiary/aromatic N) is 2. The molecule has 1 aromatic rings. The van der Waals surface area contributed by atoms with E-state index in [0.717, 1.165) is 35.1 Å². The van der Waals surface area contributed by atoms with E-state index in [1.54, 1.807) is 13.2 Å². The molecule has 3 aliphatic rings. The summed E-state index contributed by atoms with van der Waals surface area (Å²) in [7, 11) is -5.64. The van der Waals surface area contributed by atoms with Crippen molar-refractivity contribution < 1.29 is 78.5 Å². The zero-order valence-electron chi connectivity index (χ0n) is 42.2. The molecule has 1 aromatic carbocycles.